The molecule has 0 aromatic heterocycles. The first-order chi connectivity index (χ1) is 7.66. The molecule has 2 rings (SSSR count). The second-order valence-corrected chi connectivity index (χ2v) is 5.86. The molecule has 2 aliphatic rings. The minimum Gasteiger partial charge on any atom is -0.377 e. The van der Waals surface area contributed by atoms with E-state index in [1.54, 1.807) is 0 Å². The van der Waals surface area contributed by atoms with Gasteiger partial charge in [-0.05, 0) is 26.7 Å². The molecule has 1 saturated carbocycles. The van der Waals surface area contributed by atoms with Crippen LogP contribution in [0, 0.1) is 0 Å². The van der Waals surface area contributed by atoms with Gasteiger partial charge in [0.05, 0.1) is 12.7 Å². The third kappa shape index (κ3) is 3.72. The fourth-order valence-electron chi connectivity index (χ4n) is 2.84. The minimum atomic E-state index is 0.269. The highest BCUT2D eigenvalue weighted by molar-refractivity contribution is 4.86. The average molecular weight is 226 g/mol. The summed E-state index contributed by atoms with van der Waals surface area (Å²) in [4.78, 5) is 2.52. The van der Waals surface area contributed by atoms with Crippen LogP contribution in [0.25, 0.3) is 0 Å². The molecule has 0 bridgehead atoms. The largest absolute Gasteiger partial charge is 0.377 e. The maximum absolute atomic E-state index is 5.91. The number of piperazine rings is 1. The zero-order valence-corrected chi connectivity index (χ0v) is 10.8. The van der Waals surface area contributed by atoms with Crippen LogP contribution < -0.4 is 5.32 Å². The Labute approximate surface area is 99.5 Å². The highest BCUT2D eigenvalue weighted by atomic mass is 16.5. The highest BCUT2D eigenvalue weighted by Crippen LogP contribution is 2.20. The Hall–Kier alpha value is -0.120. The molecular formula is C13H26N2O. The summed E-state index contributed by atoms with van der Waals surface area (Å²) in [5.41, 5.74) is 0.269. The highest BCUT2D eigenvalue weighted by Gasteiger charge is 2.25. The number of nitrogens with zero attached hydrogens (tertiary/aromatic N) is 1. The van der Waals surface area contributed by atoms with E-state index >= 15 is 0 Å². The fourth-order valence-corrected chi connectivity index (χ4v) is 2.84. The Morgan fingerprint density at radius 2 is 2.06 bits per heavy atom. The van der Waals surface area contributed by atoms with Gasteiger partial charge in [-0.25, -0.2) is 0 Å². The quantitative estimate of drug-likeness (QED) is 0.788. The van der Waals surface area contributed by atoms with Crippen molar-refractivity contribution in [1.82, 2.24) is 10.2 Å². The van der Waals surface area contributed by atoms with Crippen molar-refractivity contribution in [2.45, 2.75) is 51.2 Å². The molecule has 0 unspecified atom stereocenters. The molecule has 0 amide bonds. The molecule has 3 heteroatoms. The van der Waals surface area contributed by atoms with Gasteiger partial charge in [0.15, 0.2) is 0 Å². The molecule has 0 spiro atoms. The van der Waals surface area contributed by atoms with E-state index < -0.39 is 0 Å². The van der Waals surface area contributed by atoms with Crippen molar-refractivity contribution >= 4 is 0 Å². The summed E-state index contributed by atoms with van der Waals surface area (Å²) in [6, 6.07) is 0. The third-order valence-corrected chi connectivity index (χ3v) is 3.71. The molecule has 16 heavy (non-hydrogen) atoms. The van der Waals surface area contributed by atoms with Gasteiger partial charge in [0.1, 0.15) is 0 Å². The van der Waals surface area contributed by atoms with Crippen LogP contribution in [0.5, 0.6) is 0 Å². The van der Waals surface area contributed by atoms with Crippen molar-refractivity contribution in [3.63, 3.8) is 0 Å². The molecule has 1 heterocycles. The van der Waals surface area contributed by atoms with Crippen LogP contribution in [0.1, 0.15) is 39.5 Å². The van der Waals surface area contributed by atoms with Crippen LogP contribution in [-0.2, 0) is 4.74 Å². The molecule has 0 aromatic carbocycles. The normalized spacial score (nSPS) is 27.4. The van der Waals surface area contributed by atoms with E-state index in [0.29, 0.717) is 6.10 Å². The lowest BCUT2D eigenvalue weighted by Crippen LogP contribution is -2.57. The summed E-state index contributed by atoms with van der Waals surface area (Å²) in [5.74, 6) is 0. The summed E-state index contributed by atoms with van der Waals surface area (Å²) in [7, 11) is 0. The van der Waals surface area contributed by atoms with E-state index in [-0.39, 0.29) is 5.54 Å². The minimum absolute atomic E-state index is 0.269. The van der Waals surface area contributed by atoms with Gasteiger partial charge in [0, 0.05) is 31.7 Å². The Morgan fingerprint density at radius 1 is 1.31 bits per heavy atom. The molecule has 1 aliphatic heterocycles. The number of ether oxygens (including phenoxy) is 1. The molecule has 1 N–H and O–H groups in total. The summed E-state index contributed by atoms with van der Waals surface area (Å²) in [6.45, 7) is 9.98. The van der Waals surface area contributed by atoms with Gasteiger partial charge < -0.3 is 10.1 Å². The van der Waals surface area contributed by atoms with E-state index in [0.717, 1.165) is 32.8 Å². The number of nitrogens with one attached hydrogen (secondary N) is 1. The van der Waals surface area contributed by atoms with Gasteiger partial charge in [-0.1, -0.05) is 12.8 Å². The predicted octanol–water partition coefficient (Wildman–Crippen LogP) is 1.63. The Bertz CT molecular complexity index is 212. The maximum atomic E-state index is 5.91. The molecule has 2 fully saturated rings. The van der Waals surface area contributed by atoms with Gasteiger partial charge in [-0.3, -0.25) is 4.90 Å². The first-order valence-electron chi connectivity index (χ1n) is 6.75. The van der Waals surface area contributed by atoms with Crippen molar-refractivity contribution < 1.29 is 4.74 Å². The smallest absolute Gasteiger partial charge is 0.0597 e. The van der Waals surface area contributed by atoms with Crippen molar-refractivity contribution in [2.24, 2.45) is 0 Å². The van der Waals surface area contributed by atoms with Gasteiger partial charge in [-0.2, -0.15) is 0 Å². The SMILES string of the molecule is CC1(C)CN(CCOC2CCCC2)CCN1. The van der Waals surface area contributed by atoms with Gasteiger partial charge >= 0.3 is 0 Å². The zero-order chi connectivity index (χ0) is 11.4. The average Bonchev–Trinajstić information content (AvgIpc) is 2.69. The lowest BCUT2D eigenvalue weighted by Gasteiger charge is -2.39. The molecule has 1 saturated heterocycles. The molecule has 0 atom stereocenters. The number of hydrogen-bond donors (Lipinski definition) is 1. The topological polar surface area (TPSA) is 24.5 Å². The molecule has 0 aromatic rings. The summed E-state index contributed by atoms with van der Waals surface area (Å²) >= 11 is 0. The van der Waals surface area contributed by atoms with E-state index in [1.807, 2.05) is 0 Å². The van der Waals surface area contributed by atoms with E-state index in [9.17, 15) is 0 Å². The monoisotopic (exact) mass is 226 g/mol. The lowest BCUT2D eigenvalue weighted by atomic mass is 10.0. The first-order valence-corrected chi connectivity index (χ1v) is 6.75. The number of hydrogen-bond acceptors (Lipinski definition) is 3. The Balaban J connectivity index is 1.61. The van der Waals surface area contributed by atoms with Crippen LogP contribution in [0.2, 0.25) is 0 Å². The summed E-state index contributed by atoms with van der Waals surface area (Å²) in [5, 5.41) is 3.54. The lowest BCUT2D eigenvalue weighted by molar-refractivity contribution is 0.0321. The van der Waals surface area contributed by atoms with Crippen molar-refractivity contribution in [3.8, 4) is 0 Å². The van der Waals surface area contributed by atoms with Crippen LogP contribution in [0.15, 0.2) is 0 Å². The van der Waals surface area contributed by atoms with Crippen LogP contribution >= 0.6 is 0 Å². The molecule has 0 radical (unpaired) electrons. The van der Waals surface area contributed by atoms with Crippen molar-refractivity contribution in [2.75, 3.05) is 32.8 Å². The summed E-state index contributed by atoms with van der Waals surface area (Å²) < 4.78 is 5.91. The number of rotatable bonds is 4. The summed E-state index contributed by atoms with van der Waals surface area (Å²) in [6.07, 6.45) is 5.87. The molecular weight excluding hydrogens is 200 g/mol. The molecule has 1 aliphatic carbocycles. The van der Waals surface area contributed by atoms with Crippen LogP contribution in [0.4, 0.5) is 0 Å². The maximum Gasteiger partial charge on any atom is 0.0597 e. The fraction of sp³-hybridized carbons (Fsp3) is 1.00. The second-order valence-electron chi connectivity index (χ2n) is 5.86. The molecule has 3 nitrogen and oxygen atoms in total. The zero-order valence-electron chi connectivity index (χ0n) is 10.8. The Morgan fingerprint density at radius 3 is 2.75 bits per heavy atom. The first kappa shape index (κ1) is 12.3. The van der Waals surface area contributed by atoms with E-state index in [4.69, 9.17) is 4.74 Å². The van der Waals surface area contributed by atoms with E-state index in [2.05, 4.69) is 24.1 Å². The van der Waals surface area contributed by atoms with Gasteiger partial charge in [0.25, 0.3) is 0 Å². The van der Waals surface area contributed by atoms with E-state index in [1.165, 1.54) is 25.7 Å². The Kier molecular flexibility index (Phi) is 4.22. The standard InChI is InChI=1S/C13H26N2O/c1-13(2)11-15(8-7-14-13)9-10-16-12-5-3-4-6-12/h12,14H,3-11H2,1-2H3. The van der Waals surface area contributed by atoms with Gasteiger partial charge in [0.2, 0.25) is 0 Å². The van der Waals surface area contributed by atoms with Crippen LogP contribution in [-0.4, -0.2) is 49.3 Å². The van der Waals surface area contributed by atoms with Crippen molar-refractivity contribution in [1.29, 1.82) is 0 Å². The van der Waals surface area contributed by atoms with Crippen LogP contribution in [0.3, 0.4) is 0 Å². The predicted molar refractivity (Wildman–Crippen MR) is 66.7 cm³/mol. The second kappa shape index (κ2) is 5.48. The molecule has 94 valence electrons. The third-order valence-electron chi connectivity index (χ3n) is 3.71. The van der Waals surface area contributed by atoms with Gasteiger partial charge in [-0.15, -0.1) is 0 Å². The van der Waals surface area contributed by atoms with Crippen molar-refractivity contribution in [3.05, 3.63) is 0 Å².